The Balaban J connectivity index is 1.55. The number of rotatable bonds is 7. The molecule has 0 saturated carbocycles. The van der Waals surface area contributed by atoms with Crippen molar-refractivity contribution in [1.82, 2.24) is 15.5 Å². The Bertz CT molecular complexity index is 818. The summed E-state index contributed by atoms with van der Waals surface area (Å²) in [6.07, 6.45) is 0. The van der Waals surface area contributed by atoms with Crippen LogP contribution < -0.4 is 10.6 Å². The molecule has 0 aromatic heterocycles. The summed E-state index contributed by atoms with van der Waals surface area (Å²) in [6, 6.07) is 13.4. The van der Waals surface area contributed by atoms with Gasteiger partial charge in [-0.1, -0.05) is 29.8 Å². The van der Waals surface area contributed by atoms with E-state index in [-0.39, 0.29) is 30.2 Å². The monoisotopic (exact) mass is 399 g/mol. The second-order valence-corrected chi connectivity index (χ2v) is 7.07. The van der Waals surface area contributed by atoms with E-state index in [4.69, 9.17) is 4.74 Å². The van der Waals surface area contributed by atoms with Crippen LogP contribution >= 0.6 is 0 Å². The van der Waals surface area contributed by atoms with Crippen LogP contribution in [-0.2, 0) is 9.53 Å². The number of halogens is 1. The van der Waals surface area contributed by atoms with E-state index >= 15 is 0 Å². The molecule has 1 atom stereocenters. The summed E-state index contributed by atoms with van der Waals surface area (Å²) in [4.78, 5) is 26.6. The number of morpholine rings is 1. The summed E-state index contributed by atoms with van der Waals surface area (Å²) in [5.41, 5.74) is 2.51. The van der Waals surface area contributed by atoms with Crippen molar-refractivity contribution >= 4 is 11.8 Å². The van der Waals surface area contributed by atoms with Crippen LogP contribution in [0.15, 0.2) is 48.5 Å². The lowest BCUT2D eigenvalue weighted by Gasteiger charge is -2.35. The molecular weight excluding hydrogens is 373 g/mol. The van der Waals surface area contributed by atoms with Gasteiger partial charge < -0.3 is 15.4 Å². The Morgan fingerprint density at radius 2 is 1.69 bits per heavy atom. The first-order valence-electron chi connectivity index (χ1n) is 9.72. The zero-order chi connectivity index (χ0) is 20.6. The van der Waals surface area contributed by atoms with E-state index in [1.165, 1.54) is 12.1 Å². The smallest absolute Gasteiger partial charge is 0.251 e. The standard InChI is InChI=1S/C22H26FN3O3/c1-16-2-4-18(5-3-16)22(28)25-15-21(27)24-14-20(26-10-12-29-13-11-26)17-6-8-19(23)9-7-17/h2-9,20H,10-15H2,1H3,(H,24,27)(H,25,28). The van der Waals surface area contributed by atoms with E-state index in [2.05, 4.69) is 15.5 Å². The summed E-state index contributed by atoms with van der Waals surface area (Å²) in [6.45, 7) is 4.93. The van der Waals surface area contributed by atoms with Crippen molar-refractivity contribution in [2.45, 2.75) is 13.0 Å². The second kappa shape index (κ2) is 10.1. The molecule has 29 heavy (non-hydrogen) atoms. The van der Waals surface area contributed by atoms with E-state index in [0.717, 1.165) is 24.2 Å². The fraction of sp³-hybridized carbons (Fsp3) is 0.364. The molecule has 1 aliphatic rings. The molecule has 0 aliphatic carbocycles. The summed E-state index contributed by atoms with van der Waals surface area (Å²) in [5, 5.41) is 5.51. The number of nitrogens with zero attached hydrogens (tertiary/aromatic N) is 1. The number of hydrogen-bond donors (Lipinski definition) is 2. The second-order valence-electron chi connectivity index (χ2n) is 7.07. The van der Waals surface area contributed by atoms with Gasteiger partial charge in [-0.3, -0.25) is 14.5 Å². The summed E-state index contributed by atoms with van der Waals surface area (Å²) < 4.78 is 18.7. The van der Waals surface area contributed by atoms with Crippen molar-refractivity contribution in [3.63, 3.8) is 0 Å². The van der Waals surface area contributed by atoms with Crippen LogP contribution in [0.5, 0.6) is 0 Å². The molecule has 0 bridgehead atoms. The van der Waals surface area contributed by atoms with E-state index in [9.17, 15) is 14.0 Å². The van der Waals surface area contributed by atoms with Gasteiger partial charge in [-0.05, 0) is 36.8 Å². The highest BCUT2D eigenvalue weighted by atomic mass is 19.1. The van der Waals surface area contributed by atoms with Crippen LogP contribution in [0.2, 0.25) is 0 Å². The van der Waals surface area contributed by atoms with Crippen LogP contribution in [0.25, 0.3) is 0 Å². The minimum absolute atomic E-state index is 0.0868. The highest BCUT2D eigenvalue weighted by Gasteiger charge is 2.23. The van der Waals surface area contributed by atoms with Crippen molar-refractivity contribution in [3.05, 3.63) is 71.0 Å². The highest BCUT2D eigenvalue weighted by molar-refractivity contribution is 5.96. The predicted octanol–water partition coefficient (Wildman–Crippen LogP) is 2.05. The van der Waals surface area contributed by atoms with Crippen LogP contribution in [0.4, 0.5) is 4.39 Å². The topological polar surface area (TPSA) is 70.7 Å². The molecule has 1 fully saturated rings. The van der Waals surface area contributed by atoms with Crippen molar-refractivity contribution in [2.24, 2.45) is 0 Å². The normalized spacial score (nSPS) is 15.5. The third-order valence-corrected chi connectivity index (χ3v) is 4.96. The zero-order valence-electron chi connectivity index (χ0n) is 16.5. The summed E-state index contributed by atoms with van der Waals surface area (Å²) in [5.74, 6) is -0.855. The molecule has 2 aromatic carbocycles. The fourth-order valence-electron chi connectivity index (χ4n) is 3.27. The third kappa shape index (κ3) is 6.10. The molecule has 6 nitrogen and oxygen atoms in total. The number of carbonyl (C=O) groups excluding carboxylic acids is 2. The number of benzene rings is 2. The molecule has 3 rings (SSSR count). The van der Waals surface area contributed by atoms with Crippen molar-refractivity contribution in [1.29, 1.82) is 0 Å². The number of aryl methyl sites for hydroxylation is 1. The number of hydrogen-bond acceptors (Lipinski definition) is 4. The number of carbonyl (C=O) groups is 2. The van der Waals surface area contributed by atoms with E-state index in [1.54, 1.807) is 24.3 Å². The van der Waals surface area contributed by atoms with Gasteiger partial charge in [0.1, 0.15) is 5.82 Å². The first kappa shape index (κ1) is 21.0. The van der Waals surface area contributed by atoms with Gasteiger partial charge in [-0.25, -0.2) is 4.39 Å². The number of ether oxygens (including phenoxy) is 1. The van der Waals surface area contributed by atoms with Gasteiger partial charge in [0.05, 0.1) is 25.8 Å². The Morgan fingerprint density at radius 1 is 1.03 bits per heavy atom. The van der Waals surface area contributed by atoms with Gasteiger partial charge in [0.2, 0.25) is 5.91 Å². The van der Waals surface area contributed by atoms with Crippen LogP contribution in [0.3, 0.4) is 0 Å². The number of nitrogens with one attached hydrogen (secondary N) is 2. The van der Waals surface area contributed by atoms with Crippen LogP contribution in [0.1, 0.15) is 27.5 Å². The summed E-state index contributed by atoms with van der Waals surface area (Å²) >= 11 is 0. The maximum atomic E-state index is 13.3. The van der Waals surface area contributed by atoms with E-state index in [1.807, 2.05) is 19.1 Å². The molecule has 1 heterocycles. The molecule has 154 valence electrons. The van der Waals surface area contributed by atoms with Crippen molar-refractivity contribution in [3.8, 4) is 0 Å². The molecule has 1 aliphatic heterocycles. The molecule has 7 heteroatoms. The van der Waals surface area contributed by atoms with Gasteiger partial charge in [0, 0.05) is 25.2 Å². The SMILES string of the molecule is Cc1ccc(C(=O)NCC(=O)NCC(c2ccc(F)cc2)N2CCOCC2)cc1. The lowest BCUT2D eigenvalue weighted by Crippen LogP contribution is -2.45. The molecular formula is C22H26FN3O3. The van der Waals surface area contributed by atoms with Gasteiger partial charge >= 0.3 is 0 Å². The minimum Gasteiger partial charge on any atom is -0.379 e. The Labute approximate surface area is 170 Å². The third-order valence-electron chi connectivity index (χ3n) is 4.96. The Hall–Kier alpha value is -2.77. The average Bonchev–Trinajstić information content (AvgIpc) is 2.74. The quantitative estimate of drug-likeness (QED) is 0.748. The molecule has 2 amide bonds. The molecule has 1 unspecified atom stereocenters. The van der Waals surface area contributed by atoms with Crippen LogP contribution in [-0.4, -0.2) is 56.1 Å². The van der Waals surface area contributed by atoms with Crippen molar-refractivity contribution < 1.29 is 18.7 Å². The average molecular weight is 399 g/mol. The van der Waals surface area contributed by atoms with E-state index < -0.39 is 0 Å². The Morgan fingerprint density at radius 3 is 2.34 bits per heavy atom. The zero-order valence-corrected chi connectivity index (χ0v) is 16.5. The summed E-state index contributed by atoms with van der Waals surface area (Å²) in [7, 11) is 0. The minimum atomic E-state index is -0.294. The van der Waals surface area contributed by atoms with E-state index in [0.29, 0.717) is 25.3 Å². The van der Waals surface area contributed by atoms with Crippen molar-refractivity contribution in [2.75, 3.05) is 39.4 Å². The number of amides is 2. The van der Waals surface area contributed by atoms with Crippen LogP contribution in [0, 0.1) is 12.7 Å². The molecule has 0 spiro atoms. The molecule has 2 N–H and O–H groups in total. The van der Waals surface area contributed by atoms with Gasteiger partial charge in [-0.15, -0.1) is 0 Å². The lowest BCUT2D eigenvalue weighted by atomic mass is 10.0. The predicted molar refractivity (Wildman–Crippen MR) is 108 cm³/mol. The fourth-order valence-corrected chi connectivity index (χ4v) is 3.27. The Kier molecular flexibility index (Phi) is 7.32. The lowest BCUT2D eigenvalue weighted by molar-refractivity contribution is -0.120. The first-order valence-corrected chi connectivity index (χ1v) is 9.72. The molecule has 1 saturated heterocycles. The molecule has 0 radical (unpaired) electrons. The first-order chi connectivity index (χ1) is 14.0. The van der Waals surface area contributed by atoms with Gasteiger partial charge in [0.15, 0.2) is 0 Å². The largest absolute Gasteiger partial charge is 0.379 e. The van der Waals surface area contributed by atoms with Gasteiger partial charge in [0.25, 0.3) is 5.91 Å². The van der Waals surface area contributed by atoms with Gasteiger partial charge in [-0.2, -0.15) is 0 Å². The maximum Gasteiger partial charge on any atom is 0.251 e. The molecule has 2 aromatic rings. The highest BCUT2D eigenvalue weighted by Crippen LogP contribution is 2.21. The maximum absolute atomic E-state index is 13.3.